The molecule has 0 fully saturated rings. The predicted octanol–water partition coefficient (Wildman–Crippen LogP) is 2.94. The van der Waals surface area contributed by atoms with E-state index in [1.54, 1.807) is 0 Å². The summed E-state index contributed by atoms with van der Waals surface area (Å²) in [5.41, 5.74) is 1.81. The van der Waals surface area contributed by atoms with Crippen molar-refractivity contribution < 1.29 is 4.74 Å². The van der Waals surface area contributed by atoms with Crippen LogP contribution in [0.15, 0.2) is 30.5 Å². The normalized spacial score (nSPS) is 10.5. The van der Waals surface area contributed by atoms with Gasteiger partial charge in [-0.2, -0.15) is 5.26 Å². The number of aryl methyl sites for hydroxylation is 1. The summed E-state index contributed by atoms with van der Waals surface area (Å²) >= 11 is 0. The van der Waals surface area contributed by atoms with Crippen molar-refractivity contribution in [3.63, 3.8) is 0 Å². The van der Waals surface area contributed by atoms with E-state index >= 15 is 0 Å². The summed E-state index contributed by atoms with van der Waals surface area (Å²) in [7, 11) is 1.93. The molecular weight excluding hydrogens is 238 g/mol. The van der Waals surface area contributed by atoms with E-state index in [4.69, 9.17) is 10.00 Å². The summed E-state index contributed by atoms with van der Waals surface area (Å²) < 4.78 is 7.54. The Labute approximate surface area is 113 Å². The molecule has 0 N–H and O–H groups in total. The molecule has 0 saturated heterocycles. The molecule has 0 amide bonds. The van der Waals surface area contributed by atoms with Gasteiger partial charge in [-0.25, -0.2) is 4.98 Å². The lowest BCUT2D eigenvalue weighted by molar-refractivity contribution is 0.242. The lowest BCUT2D eigenvalue weighted by Crippen LogP contribution is -2.05. The molecule has 0 aliphatic heterocycles. The van der Waals surface area contributed by atoms with Crippen LogP contribution in [-0.2, 0) is 13.5 Å². The van der Waals surface area contributed by atoms with Crippen molar-refractivity contribution in [2.45, 2.75) is 26.4 Å². The van der Waals surface area contributed by atoms with Gasteiger partial charge in [-0.15, -0.1) is 0 Å². The lowest BCUT2D eigenvalue weighted by Gasteiger charge is -2.10. The topological polar surface area (TPSA) is 50.8 Å². The highest BCUT2D eigenvalue weighted by molar-refractivity contribution is 5.57. The van der Waals surface area contributed by atoms with Gasteiger partial charge < -0.3 is 9.30 Å². The SMILES string of the molecule is CC(C)Oc1ccc(-c2nc(CC#N)cn2C)cc1. The zero-order valence-corrected chi connectivity index (χ0v) is 11.4. The van der Waals surface area contributed by atoms with Crippen LogP contribution in [0.1, 0.15) is 19.5 Å². The van der Waals surface area contributed by atoms with E-state index in [1.807, 2.05) is 55.9 Å². The number of rotatable bonds is 4. The van der Waals surface area contributed by atoms with Crippen molar-refractivity contribution in [1.82, 2.24) is 9.55 Å². The van der Waals surface area contributed by atoms with Crippen LogP contribution >= 0.6 is 0 Å². The molecule has 0 bridgehead atoms. The Bertz CT molecular complexity index is 591. The van der Waals surface area contributed by atoms with Crippen LogP contribution in [0, 0.1) is 11.3 Å². The average Bonchev–Trinajstić information content (AvgIpc) is 2.71. The molecular formula is C15H17N3O. The highest BCUT2D eigenvalue weighted by atomic mass is 16.5. The van der Waals surface area contributed by atoms with Crippen LogP contribution in [-0.4, -0.2) is 15.7 Å². The molecule has 2 rings (SSSR count). The van der Waals surface area contributed by atoms with Gasteiger partial charge in [-0.05, 0) is 38.1 Å². The van der Waals surface area contributed by atoms with Crippen LogP contribution in [0.2, 0.25) is 0 Å². The molecule has 1 heterocycles. The van der Waals surface area contributed by atoms with Crippen LogP contribution in [0.25, 0.3) is 11.4 Å². The Morgan fingerprint density at radius 3 is 2.58 bits per heavy atom. The molecule has 0 atom stereocenters. The minimum absolute atomic E-state index is 0.168. The average molecular weight is 255 g/mol. The molecule has 0 radical (unpaired) electrons. The first-order chi connectivity index (χ1) is 9.10. The summed E-state index contributed by atoms with van der Waals surface area (Å²) in [6, 6.07) is 9.95. The molecule has 0 unspecified atom stereocenters. The van der Waals surface area contributed by atoms with Crippen LogP contribution in [0.5, 0.6) is 5.75 Å². The molecule has 1 aromatic heterocycles. The van der Waals surface area contributed by atoms with E-state index < -0.39 is 0 Å². The van der Waals surface area contributed by atoms with Crippen LogP contribution in [0.3, 0.4) is 0 Å². The van der Waals surface area contributed by atoms with E-state index in [0.29, 0.717) is 6.42 Å². The number of hydrogen-bond donors (Lipinski definition) is 0. The fraction of sp³-hybridized carbons (Fsp3) is 0.333. The second-order valence-electron chi connectivity index (χ2n) is 4.69. The van der Waals surface area contributed by atoms with Gasteiger partial charge in [0.15, 0.2) is 0 Å². The molecule has 4 nitrogen and oxygen atoms in total. The molecule has 0 aliphatic carbocycles. The van der Waals surface area contributed by atoms with Gasteiger partial charge >= 0.3 is 0 Å². The third kappa shape index (κ3) is 3.14. The third-order valence-corrected chi connectivity index (χ3v) is 2.67. The Morgan fingerprint density at radius 1 is 1.32 bits per heavy atom. The Balaban J connectivity index is 2.24. The fourth-order valence-electron chi connectivity index (χ4n) is 1.92. The fourth-order valence-corrected chi connectivity index (χ4v) is 1.92. The second kappa shape index (κ2) is 5.57. The van der Waals surface area contributed by atoms with Gasteiger partial charge in [0.2, 0.25) is 0 Å². The molecule has 4 heteroatoms. The van der Waals surface area contributed by atoms with Crippen LogP contribution in [0.4, 0.5) is 0 Å². The van der Waals surface area contributed by atoms with Gasteiger partial charge in [0.05, 0.1) is 24.3 Å². The van der Waals surface area contributed by atoms with Crippen molar-refractivity contribution in [3.8, 4) is 23.2 Å². The van der Waals surface area contributed by atoms with E-state index in [9.17, 15) is 0 Å². The lowest BCUT2D eigenvalue weighted by atomic mass is 10.2. The Kier molecular flexibility index (Phi) is 3.86. The molecule has 2 aromatic rings. The molecule has 1 aromatic carbocycles. The van der Waals surface area contributed by atoms with Gasteiger partial charge in [0.25, 0.3) is 0 Å². The van der Waals surface area contributed by atoms with E-state index in [2.05, 4.69) is 11.1 Å². The first-order valence-corrected chi connectivity index (χ1v) is 6.26. The molecule has 98 valence electrons. The number of nitrogens with zero attached hydrogens (tertiary/aromatic N) is 3. The molecule has 0 spiro atoms. The summed E-state index contributed by atoms with van der Waals surface area (Å²) in [6.07, 6.45) is 2.39. The number of benzene rings is 1. The number of ether oxygens (including phenoxy) is 1. The monoisotopic (exact) mass is 255 g/mol. The van der Waals surface area contributed by atoms with Gasteiger partial charge in [0, 0.05) is 18.8 Å². The predicted molar refractivity (Wildman–Crippen MR) is 73.7 cm³/mol. The van der Waals surface area contributed by atoms with Crippen molar-refractivity contribution in [2.24, 2.45) is 7.05 Å². The maximum absolute atomic E-state index is 8.69. The van der Waals surface area contributed by atoms with Crippen molar-refractivity contribution in [3.05, 3.63) is 36.2 Å². The number of hydrogen-bond acceptors (Lipinski definition) is 3. The minimum atomic E-state index is 0.168. The maximum Gasteiger partial charge on any atom is 0.140 e. The maximum atomic E-state index is 8.69. The number of nitriles is 1. The van der Waals surface area contributed by atoms with Crippen molar-refractivity contribution in [1.29, 1.82) is 5.26 Å². The zero-order valence-electron chi connectivity index (χ0n) is 11.4. The second-order valence-corrected chi connectivity index (χ2v) is 4.69. The number of imidazole rings is 1. The van der Waals surface area contributed by atoms with E-state index in [1.165, 1.54) is 0 Å². The summed E-state index contributed by atoms with van der Waals surface area (Å²) in [6.45, 7) is 4.00. The highest BCUT2D eigenvalue weighted by Gasteiger charge is 2.08. The minimum Gasteiger partial charge on any atom is -0.491 e. The van der Waals surface area contributed by atoms with Crippen molar-refractivity contribution >= 4 is 0 Å². The summed E-state index contributed by atoms with van der Waals surface area (Å²) in [4.78, 5) is 4.46. The molecule has 0 saturated carbocycles. The van der Waals surface area contributed by atoms with Crippen LogP contribution < -0.4 is 4.74 Å². The zero-order chi connectivity index (χ0) is 13.8. The van der Waals surface area contributed by atoms with Gasteiger partial charge in [0.1, 0.15) is 11.6 Å². The summed E-state index contributed by atoms with van der Waals surface area (Å²) in [5, 5.41) is 8.69. The van der Waals surface area contributed by atoms with Gasteiger partial charge in [-0.3, -0.25) is 0 Å². The largest absolute Gasteiger partial charge is 0.491 e. The van der Waals surface area contributed by atoms with E-state index in [-0.39, 0.29) is 6.10 Å². The number of aromatic nitrogens is 2. The quantitative estimate of drug-likeness (QED) is 0.844. The highest BCUT2D eigenvalue weighted by Crippen LogP contribution is 2.22. The van der Waals surface area contributed by atoms with Crippen molar-refractivity contribution in [2.75, 3.05) is 0 Å². The Hall–Kier alpha value is -2.28. The third-order valence-electron chi connectivity index (χ3n) is 2.67. The first kappa shape index (κ1) is 13.2. The first-order valence-electron chi connectivity index (χ1n) is 6.26. The smallest absolute Gasteiger partial charge is 0.140 e. The molecule has 19 heavy (non-hydrogen) atoms. The molecule has 0 aliphatic rings. The van der Waals surface area contributed by atoms with Gasteiger partial charge in [-0.1, -0.05) is 0 Å². The summed E-state index contributed by atoms with van der Waals surface area (Å²) in [5.74, 6) is 1.71. The Morgan fingerprint density at radius 2 is 2.00 bits per heavy atom. The van der Waals surface area contributed by atoms with E-state index in [0.717, 1.165) is 22.8 Å². The standard InChI is InChI=1S/C15H17N3O/c1-11(2)19-14-6-4-12(5-7-14)15-17-13(8-9-16)10-18(15)3/h4-7,10-11H,8H2,1-3H3.